The predicted molar refractivity (Wildman–Crippen MR) is 80.2 cm³/mol. The Labute approximate surface area is 135 Å². The minimum atomic E-state index is -0.740. The quantitative estimate of drug-likeness (QED) is 0.417. The Balaban J connectivity index is 2.52. The van der Waals surface area contributed by atoms with Crippen molar-refractivity contribution in [2.24, 2.45) is 5.92 Å². The van der Waals surface area contributed by atoms with Crippen molar-refractivity contribution in [2.45, 2.75) is 58.5 Å². The maximum atomic E-state index is 11.6. The van der Waals surface area contributed by atoms with Crippen molar-refractivity contribution in [3.05, 3.63) is 12.2 Å². The fourth-order valence-electron chi connectivity index (χ4n) is 2.35. The summed E-state index contributed by atoms with van der Waals surface area (Å²) in [6.45, 7) is 5.58. The van der Waals surface area contributed by atoms with Crippen LogP contribution in [0.3, 0.4) is 0 Å². The highest BCUT2D eigenvalue weighted by Crippen LogP contribution is 2.28. The highest BCUT2D eigenvalue weighted by atomic mass is 16.7. The van der Waals surface area contributed by atoms with Crippen molar-refractivity contribution >= 4 is 17.9 Å². The Morgan fingerprint density at radius 2 is 1.78 bits per heavy atom. The molecule has 1 aliphatic rings. The molecule has 7 heteroatoms. The highest BCUT2D eigenvalue weighted by molar-refractivity contribution is 5.91. The van der Waals surface area contributed by atoms with E-state index in [1.165, 1.54) is 7.11 Å². The summed E-state index contributed by atoms with van der Waals surface area (Å²) in [5, 5.41) is 0. The topological polar surface area (TPSA) is 88.1 Å². The molecule has 0 saturated carbocycles. The Bertz CT molecular complexity index is 445. The summed E-state index contributed by atoms with van der Waals surface area (Å²) in [6, 6.07) is 0. The summed E-state index contributed by atoms with van der Waals surface area (Å²) >= 11 is 0. The third kappa shape index (κ3) is 6.40. The van der Waals surface area contributed by atoms with Crippen LogP contribution >= 0.6 is 0 Å². The molecule has 0 aromatic rings. The van der Waals surface area contributed by atoms with E-state index in [-0.39, 0.29) is 24.1 Å². The third-order valence-electron chi connectivity index (χ3n) is 3.48. The first-order chi connectivity index (χ1) is 10.9. The van der Waals surface area contributed by atoms with Crippen molar-refractivity contribution in [2.75, 3.05) is 7.11 Å². The molecule has 130 valence electrons. The van der Waals surface area contributed by atoms with Crippen molar-refractivity contribution in [3.63, 3.8) is 0 Å². The number of esters is 3. The largest absolute Gasteiger partial charge is 0.466 e. The molecular weight excluding hydrogens is 304 g/mol. The van der Waals surface area contributed by atoms with Gasteiger partial charge in [-0.1, -0.05) is 13.8 Å². The molecule has 2 unspecified atom stereocenters. The lowest BCUT2D eigenvalue weighted by atomic mass is 9.93. The van der Waals surface area contributed by atoms with E-state index >= 15 is 0 Å². The number of carbonyl (C=O) groups is 3. The summed E-state index contributed by atoms with van der Waals surface area (Å²) in [4.78, 5) is 34.1. The summed E-state index contributed by atoms with van der Waals surface area (Å²) in [5.41, 5.74) is 0. The van der Waals surface area contributed by atoms with Crippen molar-refractivity contribution < 1.29 is 33.3 Å². The lowest BCUT2D eigenvalue weighted by Crippen LogP contribution is -2.46. The van der Waals surface area contributed by atoms with Gasteiger partial charge in [0.15, 0.2) is 0 Å². The van der Waals surface area contributed by atoms with Gasteiger partial charge in [-0.05, 0) is 13.3 Å². The molecule has 0 spiro atoms. The first-order valence-electron chi connectivity index (χ1n) is 7.69. The second-order valence-electron chi connectivity index (χ2n) is 5.48. The lowest BCUT2D eigenvalue weighted by Gasteiger charge is -2.37. The van der Waals surface area contributed by atoms with E-state index in [1.807, 2.05) is 13.8 Å². The van der Waals surface area contributed by atoms with Gasteiger partial charge in [0.25, 0.3) is 0 Å². The standard InChI is InChI=1S/C16H24O7/c1-5-6-13(18)23-16-10(2)9-15(21-11(16)3)22-14(19)8-7-12(17)20-4/h7-8,10-11,15-16H,5-6,9H2,1-4H3/b8-7+/t10?,11?,15-,16+/m1/s1. The first-order valence-corrected chi connectivity index (χ1v) is 7.69. The second kappa shape index (κ2) is 9.29. The average molecular weight is 328 g/mol. The Morgan fingerprint density at radius 3 is 2.35 bits per heavy atom. The number of ether oxygens (including phenoxy) is 4. The van der Waals surface area contributed by atoms with Crippen LogP contribution in [0.25, 0.3) is 0 Å². The molecule has 1 rings (SSSR count). The van der Waals surface area contributed by atoms with Crippen LogP contribution in [0.4, 0.5) is 0 Å². The van der Waals surface area contributed by atoms with Gasteiger partial charge >= 0.3 is 17.9 Å². The van der Waals surface area contributed by atoms with Crippen molar-refractivity contribution in [1.29, 1.82) is 0 Å². The van der Waals surface area contributed by atoms with Gasteiger partial charge in [-0.15, -0.1) is 0 Å². The first kappa shape index (κ1) is 19.2. The van der Waals surface area contributed by atoms with Crippen molar-refractivity contribution in [3.8, 4) is 0 Å². The fraction of sp³-hybridized carbons (Fsp3) is 0.688. The number of rotatable bonds is 6. The van der Waals surface area contributed by atoms with E-state index in [0.29, 0.717) is 12.8 Å². The molecule has 23 heavy (non-hydrogen) atoms. The third-order valence-corrected chi connectivity index (χ3v) is 3.48. The normalized spacial score (nSPS) is 27.5. The van der Waals surface area contributed by atoms with E-state index in [9.17, 15) is 14.4 Å². The van der Waals surface area contributed by atoms with E-state index < -0.39 is 18.2 Å². The molecule has 0 aromatic carbocycles. The molecule has 0 aliphatic carbocycles. The van der Waals surface area contributed by atoms with Crippen LogP contribution in [0.1, 0.15) is 40.0 Å². The summed E-state index contributed by atoms with van der Waals surface area (Å²) in [5.74, 6) is -1.60. The number of carbonyl (C=O) groups excluding carboxylic acids is 3. The minimum absolute atomic E-state index is 0.0121. The van der Waals surface area contributed by atoms with Gasteiger partial charge in [0.1, 0.15) is 6.10 Å². The van der Waals surface area contributed by atoms with Crippen LogP contribution in [0.2, 0.25) is 0 Å². The van der Waals surface area contributed by atoms with Gasteiger partial charge in [0, 0.05) is 30.9 Å². The van der Waals surface area contributed by atoms with Crippen LogP contribution in [0, 0.1) is 5.92 Å². The van der Waals surface area contributed by atoms with E-state index in [1.54, 1.807) is 6.92 Å². The summed E-state index contributed by atoms with van der Waals surface area (Å²) in [6.07, 6.45) is 1.97. The minimum Gasteiger partial charge on any atom is -0.466 e. The average Bonchev–Trinajstić information content (AvgIpc) is 2.48. The zero-order chi connectivity index (χ0) is 17.4. The van der Waals surface area contributed by atoms with Crippen LogP contribution in [0.5, 0.6) is 0 Å². The molecular formula is C16H24O7. The smallest absolute Gasteiger partial charge is 0.333 e. The molecule has 1 fully saturated rings. The highest BCUT2D eigenvalue weighted by Gasteiger charge is 2.37. The van der Waals surface area contributed by atoms with Crippen LogP contribution in [-0.4, -0.2) is 43.5 Å². The van der Waals surface area contributed by atoms with E-state index in [0.717, 1.165) is 18.6 Å². The molecule has 0 bridgehead atoms. The van der Waals surface area contributed by atoms with Gasteiger partial charge in [-0.3, -0.25) is 4.79 Å². The lowest BCUT2D eigenvalue weighted by molar-refractivity contribution is -0.233. The zero-order valence-electron chi connectivity index (χ0n) is 13.9. The second-order valence-corrected chi connectivity index (χ2v) is 5.48. The van der Waals surface area contributed by atoms with Gasteiger partial charge < -0.3 is 18.9 Å². The predicted octanol–water partition coefficient (Wildman–Crippen LogP) is 1.74. The molecule has 4 atom stereocenters. The van der Waals surface area contributed by atoms with Crippen LogP contribution < -0.4 is 0 Å². The fourth-order valence-corrected chi connectivity index (χ4v) is 2.35. The summed E-state index contributed by atoms with van der Waals surface area (Å²) in [7, 11) is 1.21. The maximum absolute atomic E-state index is 11.6. The monoisotopic (exact) mass is 328 g/mol. The van der Waals surface area contributed by atoms with Gasteiger partial charge in [0.2, 0.25) is 6.29 Å². The SMILES string of the molecule is CCCC(=O)O[C@H]1C(C)C[C@@H](OC(=O)/C=C/C(=O)OC)OC1C. The molecule has 7 nitrogen and oxygen atoms in total. The number of methoxy groups -OCH3 is 1. The Kier molecular flexibility index (Phi) is 7.74. The van der Waals surface area contributed by atoms with Crippen LogP contribution in [0.15, 0.2) is 12.2 Å². The Morgan fingerprint density at radius 1 is 1.13 bits per heavy atom. The molecule has 1 heterocycles. The Hall–Kier alpha value is -1.89. The van der Waals surface area contributed by atoms with E-state index in [2.05, 4.69) is 4.74 Å². The van der Waals surface area contributed by atoms with Gasteiger partial charge in [-0.25, -0.2) is 9.59 Å². The number of hydrogen-bond acceptors (Lipinski definition) is 7. The summed E-state index contributed by atoms with van der Waals surface area (Å²) < 4.78 is 20.5. The molecule has 0 amide bonds. The van der Waals surface area contributed by atoms with E-state index in [4.69, 9.17) is 14.2 Å². The molecule has 0 radical (unpaired) electrons. The maximum Gasteiger partial charge on any atom is 0.333 e. The van der Waals surface area contributed by atoms with Gasteiger partial charge in [0.05, 0.1) is 13.2 Å². The zero-order valence-corrected chi connectivity index (χ0v) is 13.9. The number of hydrogen-bond donors (Lipinski definition) is 0. The van der Waals surface area contributed by atoms with Crippen LogP contribution in [-0.2, 0) is 33.3 Å². The molecule has 1 saturated heterocycles. The molecule has 1 aliphatic heterocycles. The van der Waals surface area contributed by atoms with Gasteiger partial charge in [-0.2, -0.15) is 0 Å². The molecule has 0 N–H and O–H groups in total. The van der Waals surface area contributed by atoms with Crippen molar-refractivity contribution in [1.82, 2.24) is 0 Å². The molecule has 0 aromatic heterocycles.